The summed E-state index contributed by atoms with van der Waals surface area (Å²) in [5, 5.41) is 2.93. The lowest BCUT2D eigenvalue weighted by molar-refractivity contribution is -0.128. The molecule has 0 aromatic carbocycles. The summed E-state index contributed by atoms with van der Waals surface area (Å²) >= 11 is 0. The van der Waals surface area contributed by atoms with Crippen molar-refractivity contribution >= 4 is 15.7 Å². The molecule has 1 amide bonds. The van der Waals surface area contributed by atoms with Crippen LogP contribution in [-0.4, -0.2) is 55.4 Å². The summed E-state index contributed by atoms with van der Waals surface area (Å²) in [6, 6.07) is 0.202. The molecule has 0 aromatic rings. The average molecular weight is 333 g/mol. The Balaban J connectivity index is 2.79. The Morgan fingerprint density at radius 2 is 1.86 bits per heavy atom. The van der Waals surface area contributed by atoms with Gasteiger partial charge in [-0.1, -0.05) is 20.3 Å². The number of nitrogens with one attached hydrogen (secondary N) is 1. The summed E-state index contributed by atoms with van der Waals surface area (Å²) in [5.74, 6) is -0.0247. The summed E-state index contributed by atoms with van der Waals surface area (Å²) < 4.78 is 23.4. The topological polar surface area (TPSA) is 66.5 Å². The van der Waals surface area contributed by atoms with E-state index in [1.54, 1.807) is 0 Å². The van der Waals surface area contributed by atoms with Crippen molar-refractivity contribution in [1.82, 2.24) is 10.2 Å². The van der Waals surface area contributed by atoms with Gasteiger partial charge in [0, 0.05) is 18.8 Å². The first kappa shape index (κ1) is 19.4. The molecule has 1 aliphatic rings. The van der Waals surface area contributed by atoms with Crippen LogP contribution in [0.4, 0.5) is 0 Å². The summed E-state index contributed by atoms with van der Waals surface area (Å²) in [7, 11) is -3.21. The van der Waals surface area contributed by atoms with Gasteiger partial charge in [0.05, 0.1) is 10.8 Å². The second kappa shape index (κ2) is 7.77. The van der Waals surface area contributed by atoms with Crippen molar-refractivity contribution in [1.29, 1.82) is 0 Å². The summed E-state index contributed by atoms with van der Waals surface area (Å²) in [5.41, 5.74) is 0. The molecule has 22 heavy (non-hydrogen) atoms. The summed E-state index contributed by atoms with van der Waals surface area (Å²) in [4.78, 5) is 14.8. The molecule has 0 aliphatic carbocycles. The molecule has 0 unspecified atom stereocenters. The molecule has 0 bridgehead atoms. The smallest absolute Gasteiger partial charge is 0.237 e. The average Bonchev–Trinajstić information content (AvgIpc) is 2.47. The molecule has 5 nitrogen and oxygen atoms in total. The van der Waals surface area contributed by atoms with Crippen molar-refractivity contribution in [2.75, 3.05) is 19.3 Å². The zero-order valence-corrected chi connectivity index (χ0v) is 15.5. The van der Waals surface area contributed by atoms with Crippen molar-refractivity contribution in [3.8, 4) is 0 Å². The number of amides is 1. The molecule has 1 heterocycles. The van der Waals surface area contributed by atoms with Crippen molar-refractivity contribution in [2.45, 2.75) is 76.6 Å². The number of carbonyl (C=O) groups excluding carboxylic acids is 1. The van der Waals surface area contributed by atoms with Crippen LogP contribution < -0.4 is 5.32 Å². The Bertz CT molecular complexity index is 470. The molecule has 0 aromatic heterocycles. The van der Waals surface area contributed by atoms with Crippen LogP contribution in [0.3, 0.4) is 0 Å². The standard InChI is InChI=1S/C16H32N2O3S/c1-6-16(7-2,22(5,20)21)12-17-15(19)14-10-8-9-11-18(14)13(3)4/h13-14H,6-12H2,1-5H3,(H,17,19)/t14-/m1/s1. The molecule has 0 spiro atoms. The minimum Gasteiger partial charge on any atom is -0.353 e. The van der Waals surface area contributed by atoms with Crippen LogP contribution in [0.1, 0.15) is 59.8 Å². The highest BCUT2D eigenvalue weighted by Crippen LogP contribution is 2.25. The van der Waals surface area contributed by atoms with Gasteiger partial charge < -0.3 is 5.32 Å². The zero-order valence-electron chi connectivity index (χ0n) is 14.7. The van der Waals surface area contributed by atoms with Gasteiger partial charge in [-0.25, -0.2) is 8.42 Å². The molecular weight excluding hydrogens is 300 g/mol. The molecule has 0 saturated carbocycles. The van der Waals surface area contributed by atoms with E-state index in [2.05, 4.69) is 24.1 Å². The number of nitrogens with zero attached hydrogens (tertiary/aromatic N) is 1. The quantitative estimate of drug-likeness (QED) is 0.774. The van der Waals surface area contributed by atoms with E-state index in [0.717, 1.165) is 25.8 Å². The van der Waals surface area contributed by atoms with E-state index in [1.165, 1.54) is 6.26 Å². The van der Waals surface area contributed by atoms with Gasteiger partial charge in [0.1, 0.15) is 0 Å². The number of hydrogen-bond donors (Lipinski definition) is 1. The fourth-order valence-corrected chi connectivity index (χ4v) is 4.76. The Morgan fingerprint density at radius 3 is 2.32 bits per heavy atom. The first-order chi connectivity index (χ1) is 10.2. The molecule has 6 heteroatoms. The summed E-state index contributed by atoms with van der Waals surface area (Å²) in [6.07, 6.45) is 5.34. The highest BCUT2D eigenvalue weighted by molar-refractivity contribution is 7.92. The first-order valence-corrected chi connectivity index (χ1v) is 10.3. The molecule has 0 radical (unpaired) electrons. The normalized spacial score (nSPS) is 21.1. The lowest BCUT2D eigenvalue weighted by Crippen LogP contribution is -2.55. The molecule has 130 valence electrons. The van der Waals surface area contributed by atoms with E-state index in [9.17, 15) is 13.2 Å². The van der Waals surface area contributed by atoms with Crippen molar-refractivity contribution in [3.63, 3.8) is 0 Å². The fourth-order valence-electron chi connectivity index (χ4n) is 3.37. The van der Waals surface area contributed by atoms with E-state index < -0.39 is 14.6 Å². The molecule has 1 rings (SSSR count). The van der Waals surface area contributed by atoms with Crippen molar-refractivity contribution in [2.24, 2.45) is 0 Å². The van der Waals surface area contributed by atoms with Crippen molar-refractivity contribution < 1.29 is 13.2 Å². The number of piperidine rings is 1. The first-order valence-electron chi connectivity index (χ1n) is 8.41. The lowest BCUT2D eigenvalue weighted by Gasteiger charge is -2.38. The van der Waals surface area contributed by atoms with Gasteiger partial charge in [0.2, 0.25) is 5.91 Å². The Kier molecular flexibility index (Phi) is 6.86. The van der Waals surface area contributed by atoms with E-state index in [4.69, 9.17) is 0 Å². The second-order valence-electron chi connectivity index (χ2n) is 6.72. The van der Waals surface area contributed by atoms with E-state index in [0.29, 0.717) is 18.9 Å². The Morgan fingerprint density at radius 1 is 1.27 bits per heavy atom. The molecular formula is C16H32N2O3S. The van der Waals surface area contributed by atoms with Crippen LogP contribution in [0, 0.1) is 0 Å². The Labute approximate surface area is 135 Å². The molecule has 1 fully saturated rings. The Hall–Kier alpha value is -0.620. The predicted molar refractivity (Wildman–Crippen MR) is 90.6 cm³/mol. The maximum atomic E-state index is 12.6. The minimum absolute atomic E-state index is 0.0247. The number of rotatable bonds is 7. The van der Waals surface area contributed by atoms with Crippen LogP contribution in [-0.2, 0) is 14.6 Å². The second-order valence-corrected chi connectivity index (χ2v) is 9.13. The van der Waals surface area contributed by atoms with Crippen molar-refractivity contribution in [3.05, 3.63) is 0 Å². The van der Waals surface area contributed by atoms with Gasteiger partial charge in [-0.3, -0.25) is 9.69 Å². The fraction of sp³-hybridized carbons (Fsp3) is 0.938. The summed E-state index contributed by atoms with van der Waals surface area (Å²) in [6.45, 7) is 9.10. The lowest BCUT2D eigenvalue weighted by atomic mass is 9.98. The maximum absolute atomic E-state index is 12.6. The van der Waals surface area contributed by atoms with E-state index in [-0.39, 0.29) is 18.5 Å². The van der Waals surface area contributed by atoms with E-state index >= 15 is 0 Å². The third-order valence-corrected chi connectivity index (χ3v) is 7.46. The van der Waals surface area contributed by atoms with Gasteiger partial charge in [0.15, 0.2) is 9.84 Å². The largest absolute Gasteiger partial charge is 0.353 e. The van der Waals surface area contributed by atoms with E-state index in [1.807, 2.05) is 13.8 Å². The van der Waals surface area contributed by atoms with Gasteiger partial charge in [-0.2, -0.15) is 0 Å². The number of carbonyl (C=O) groups is 1. The molecule has 1 aliphatic heterocycles. The van der Waals surface area contributed by atoms with Gasteiger partial charge >= 0.3 is 0 Å². The molecule has 1 atom stereocenters. The maximum Gasteiger partial charge on any atom is 0.237 e. The van der Waals surface area contributed by atoms with Crippen LogP contribution in [0.5, 0.6) is 0 Å². The van der Waals surface area contributed by atoms with Gasteiger partial charge in [0.25, 0.3) is 0 Å². The number of sulfone groups is 1. The van der Waals surface area contributed by atoms with Crippen LogP contribution in [0.2, 0.25) is 0 Å². The third-order valence-electron chi connectivity index (χ3n) is 5.17. The van der Waals surface area contributed by atoms with Crippen LogP contribution in [0.25, 0.3) is 0 Å². The van der Waals surface area contributed by atoms with Gasteiger partial charge in [-0.05, 0) is 46.1 Å². The highest BCUT2D eigenvalue weighted by atomic mass is 32.2. The van der Waals surface area contributed by atoms with Crippen LogP contribution in [0.15, 0.2) is 0 Å². The monoisotopic (exact) mass is 332 g/mol. The minimum atomic E-state index is -3.21. The highest BCUT2D eigenvalue weighted by Gasteiger charge is 2.39. The zero-order chi connectivity index (χ0) is 17.0. The predicted octanol–water partition coefficient (Wildman–Crippen LogP) is 1.97. The van der Waals surface area contributed by atoms with Gasteiger partial charge in [-0.15, -0.1) is 0 Å². The number of likely N-dealkylation sites (tertiary alicyclic amines) is 1. The molecule has 1 saturated heterocycles. The third kappa shape index (κ3) is 4.22. The SMILES string of the molecule is CCC(CC)(CNC(=O)[C@H]1CCCCN1C(C)C)S(C)(=O)=O. The number of hydrogen-bond acceptors (Lipinski definition) is 4. The molecule has 1 N–H and O–H groups in total. The van der Waals surface area contributed by atoms with Crippen LogP contribution >= 0.6 is 0 Å².